The molecule has 1 N–H and O–H groups in total. The summed E-state index contributed by atoms with van der Waals surface area (Å²) in [5.74, 6) is 0.335. The standard InChI is InChI=1S/C9H11Cl2NO3S/c1-3-12-16(13,14)9-5-6(10)8(15-2)4-7(9)11/h4-5,12H,3H2,1-2H3. The maximum Gasteiger partial charge on any atom is 0.242 e. The van der Waals surface area contributed by atoms with Gasteiger partial charge in [0.25, 0.3) is 0 Å². The molecule has 1 rings (SSSR count). The highest BCUT2D eigenvalue weighted by atomic mass is 35.5. The minimum absolute atomic E-state index is 0.0539. The lowest BCUT2D eigenvalue weighted by Gasteiger charge is -2.09. The number of hydrogen-bond acceptors (Lipinski definition) is 3. The number of hydrogen-bond donors (Lipinski definition) is 1. The molecule has 0 aliphatic rings. The van der Waals surface area contributed by atoms with E-state index < -0.39 is 10.0 Å². The Hall–Kier alpha value is -0.490. The fraction of sp³-hybridized carbons (Fsp3) is 0.333. The number of nitrogens with one attached hydrogen (secondary N) is 1. The van der Waals surface area contributed by atoms with Gasteiger partial charge in [-0.1, -0.05) is 30.1 Å². The van der Waals surface area contributed by atoms with Crippen LogP contribution in [0.25, 0.3) is 0 Å². The van der Waals surface area contributed by atoms with Gasteiger partial charge in [0.05, 0.1) is 17.2 Å². The molecular weight excluding hydrogens is 273 g/mol. The zero-order valence-corrected chi connectivity index (χ0v) is 11.1. The second kappa shape index (κ2) is 5.23. The van der Waals surface area contributed by atoms with Gasteiger partial charge in [0.15, 0.2) is 0 Å². The molecule has 0 aliphatic carbocycles. The quantitative estimate of drug-likeness (QED) is 0.923. The first kappa shape index (κ1) is 13.6. The van der Waals surface area contributed by atoms with Gasteiger partial charge < -0.3 is 4.74 Å². The Morgan fingerprint density at radius 3 is 2.44 bits per heavy atom. The van der Waals surface area contributed by atoms with E-state index in [9.17, 15) is 8.42 Å². The highest BCUT2D eigenvalue weighted by Gasteiger charge is 2.19. The highest BCUT2D eigenvalue weighted by molar-refractivity contribution is 7.89. The van der Waals surface area contributed by atoms with Crippen LogP contribution in [0, 0.1) is 0 Å². The number of sulfonamides is 1. The molecule has 0 aliphatic heterocycles. The average Bonchev–Trinajstić information content (AvgIpc) is 2.20. The van der Waals surface area contributed by atoms with Gasteiger partial charge >= 0.3 is 0 Å². The van der Waals surface area contributed by atoms with Crippen LogP contribution in [-0.2, 0) is 10.0 Å². The molecule has 4 nitrogen and oxygen atoms in total. The van der Waals surface area contributed by atoms with Crippen LogP contribution in [0.3, 0.4) is 0 Å². The summed E-state index contributed by atoms with van der Waals surface area (Å²) in [6.45, 7) is 1.96. The van der Waals surface area contributed by atoms with Gasteiger partial charge in [0.2, 0.25) is 10.0 Å². The number of benzene rings is 1. The molecule has 1 aromatic carbocycles. The lowest BCUT2D eigenvalue weighted by molar-refractivity contribution is 0.414. The van der Waals surface area contributed by atoms with Crippen LogP contribution in [0.2, 0.25) is 10.0 Å². The normalized spacial score (nSPS) is 11.5. The van der Waals surface area contributed by atoms with E-state index in [-0.39, 0.29) is 21.5 Å². The van der Waals surface area contributed by atoms with Crippen molar-refractivity contribution >= 4 is 33.2 Å². The minimum atomic E-state index is -3.61. The van der Waals surface area contributed by atoms with Crippen molar-refractivity contribution in [3.05, 3.63) is 22.2 Å². The second-order valence-corrected chi connectivity index (χ2v) is 5.47. The summed E-state index contributed by atoms with van der Waals surface area (Å²) in [4.78, 5) is -0.0539. The predicted octanol–water partition coefficient (Wildman–Crippen LogP) is 2.30. The number of methoxy groups -OCH3 is 1. The van der Waals surface area contributed by atoms with E-state index >= 15 is 0 Å². The van der Waals surface area contributed by atoms with Crippen molar-refractivity contribution in [3.63, 3.8) is 0 Å². The van der Waals surface area contributed by atoms with Crippen LogP contribution in [-0.4, -0.2) is 22.1 Å². The molecule has 90 valence electrons. The van der Waals surface area contributed by atoms with Crippen molar-refractivity contribution < 1.29 is 13.2 Å². The van der Waals surface area contributed by atoms with Gasteiger partial charge in [-0.25, -0.2) is 13.1 Å². The third-order valence-corrected chi connectivity index (χ3v) is 4.14. The molecule has 0 heterocycles. The van der Waals surface area contributed by atoms with Gasteiger partial charge in [0.1, 0.15) is 10.6 Å². The second-order valence-electron chi connectivity index (χ2n) is 2.92. The number of rotatable bonds is 4. The molecule has 0 amide bonds. The molecule has 0 unspecified atom stereocenters. The van der Waals surface area contributed by atoms with Gasteiger partial charge in [-0.3, -0.25) is 0 Å². The Bertz CT molecular complexity index is 488. The fourth-order valence-electron chi connectivity index (χ4n) is 1.14. The van der Waals surface area contributed by atoms with Crippen molar-refractivity contribution in [1.29, 1.82) is 0 Å². The van der Waals surface area contributed by atoms with Crippen molar-refractivity contribution in [2.75, 3.05) is 13.7 Å². The Kier molecular flexibility index (Phi) is 4.43. The first-order valence-corrected chi connectivity index (χ1v) is 6.69. The topological polar surface area (TPSA) is 55.4 Å². The van der Waals surface area contributed by atoms with E-state index in [2.05, 4.69) is 4.72 Å². The summed E-state index contributed by atoms with van der Waals surface area (Å²) < 4.78 is 30.7. The van der Waals surface area contributed by atoms with E-state index in [0.29, 0.717) is 5.75 Å². The van der Waals surface area contributed by atoms with Crippen molar-refractivity contribution in [2.45, 2.75) is 11.8 Å². The zero-order valence-electron chi connectivity index (χ0n) is 8.75. The number of halogens is 2. The molecule has 0 saturated heterocycles. The maximum absolute atomic E-state index is 11.7. The summed E-state index contributed by atoms with van der Waals surface area (Å²) in [7, 11) is -2.18. The van der Waals surface area contributed by atoms with Crippen molar-refractivity contribution in [2.24, 2.45) is 0 Å². The van der Waals surface area contributed by atoms with E-state index in [1.54, 1.807) is 6.92 Å². The van der Waals surface area contributed by atoms with E-state index in [1.165, 1.54) is 19.2 Å². The maximum atomic E-state index is 11.7. The van der Waals surface area contributed by atoms with Gasteiger partial charge in [0, 0.05) is 12.6 Å². The summed E-state index contributed by atoms with van der Waals surface area (Å²) in [6.07, 6.45) is 0. The van der Waals surface area contributed by atoms with E-state index in [4.69, 9.17) is 27.9 Å². The fourth-order valence-corrected chi connectivity index (χ4v) is 3.03. The van der Waals surface area contributed by atoms with Crippen molar-refractivity contribution in [1.82, 2.24) is 4.72 Å². The molecule has 0 saturated carbocycles. The molecular formula is C9H11Cl2NO3S. The first-order chi connectivity index (χ1) is 7.42. The van der Waals surface area contributed by atoms with Crippen LogP contribution in [0.15, 0.2) is 17.0 Å². The first-order valence-electron chi connectivity index (χ1n) is 4.45. The van der Waals surface area contributed by atoms with E-state index in [0.717, 1.165) is 0 Å². The van der Waals surface area contributed by atoms with Crippen LogP contribution < -0.4 is 9.46 Å². The SMILES string of the molecule is CCNS(=O)(=O)c1cc(Cl)c(OC)cc1Cl. The van der Waals surface area contributed by atoms with Crippen LogP contribution in [0.4, 0.5) is 0 Å². The minimum Gasteiger partial charge on any atom is -0.495 e. The zero-order chi connectivity index (χ0) is 12.3. The predicted molar refractivity (Wildman–Crippen MR) is 63.9 cm³/mol. The molecule has 0 radical (unpaired) electrons. The van der Waals surface area contributed by atoms with Gasteiger partial charge in [-0.2, -0.15) is 0 Å². The summed E-state index contributed by atoms with van der Waals surface area (Å²) in [5.41, 5.74) is 0. The Balaban J connectivity index is 3.31. The third-order valence-electron chi connectivity index (χ3n) is 1.83. The molecule has 16 heavy (non-hydrogen) atoms. The Labute approximate surface area is 105 Å². The number of ether oxygens (including phenoxy) is 1. The highest BCUT2D eigenvalue weighted by Crippen LogP contribution is 2.33. The van der Waals surface area contributed by atoms with E-state index in [1.807, 2.05) is 0 Å². The largest absolute Gasteiger partial charge is 0.495 e. The lowest BCUT2D eigenvalue weighted by atomic mass is 10.3. The molecule has 1 aromatic rings. The summed E-state index contributed by atoms with van der Waals surface area (Å²) >= 11 is 11.7. The van der Waals surface area contributed by atoms with Crippen molar-refractivity contribution in [3.8, 4) is 5.75 Å². The monoisotopic (exact) mass is 283 g/mol. The molecule has 0 spiro atoms. The Morgan fingerprint density at radius 2 is 1.94 bits per heavy atom. The lowest BCUT2D eigenvalue weighted by Crippen LogP contribution is -2.23. The summed E-state index contributed by atoms with van der Waals surface area (Å²) in [5, 5.41) is 0.269. The molecule has 0 aromatic heterocycles. The van der Waals surface area contributed by atoms with Crippen LogP contribution in [0.1, 0.15) is 6.92 Å². The average molecular weight is 284 g/mol. The molecule has 0 atom stereocenters. The molecule has 0 fully saturated rings. The third kappa shape index (κ3) is 2.79. The molecule has 7 heteroatoms. The van der Waals surface area contributed by atoms with Crippen LogP contribution in [0.5, 0.6) is 5.75 Å². The van der Waals surface area contributed by atoms with Gasteiger partial charge in [-0.15, -0.1) is 0 Å². The Morgan fingerprint density at radius 1 is 1.31 bits per heavy atom. The van der Waals surface area contributed by atoms with Crippen LogP contribution >= 0.6 is 23.2 Å². The molecule has 0 bridgehead atoms. The van der Waals surface area contributed by atoms with Gasteiger partial charge in [-0.05, 0) is 6.07 Å². The smallest absolute Gasteiger partial charge is 0.242 e. The summed E-state index contributed by atoms with van der Waals surface area (Å²) in [6, 6.07) is 2.63.